The van der Waals surface area contributed by atoms with E-state index in [1.54, 1.807) is 20.8 Å². The number of benzene rings is 2. The Balaban J connectivity index is 1.47. The topological polar surface area (TPSA) is 119 Å². The summed E-state index contributed by atoms with van der Waals surface area (Å²) < 4.78 is 68.4. The first-order valence-electron chi connectivity index (χ1n) is 13.2. The maximum Gasteiger partial charge on any atom is 0.407 e. The molecule has 0 unspecified atom stereocenters. The van der Waals surface area contributed by atoms with Gasteiger partial charge in [0.1, 0.15) is 5.60 Å². The largest absolute Gasteiger partial charge is 0.494 e. The van der Waals surface area contributed by atoms with Gasteiger partial charge in [0.25, 0.3) is 12.3 Å². The maximum atomic E-state index is 14.8. The third-order valence-corrected chi connectivity index (χ3v) is 6.07. The first-order chi connectivity index (χ1) is 20.4. The summed E-state index contributed by atoms with van der Waals surface area (Å²) in [5.41, 5.74) is -0.811. The van der Waals surface area contributed by atoms with Crippen molar-refractivity contribution in [1.82, 2.24) is 25.0 Å². The van der Waals surface area contributed by atoms with Crippen molar-refractivity contribution in [3.05, 3.63) is 71.7 Å². The number of alkyl halides is 2. The van der Waals surface area contributed by atoms with E-state index in [0.29, 0.717) is 6.42 Å². The van der Waals surface area contributed by atoms with Gasteiger partial charge in [-0.1, -0.05) is 0 Å². The molecule has 2 aromatic carbocycles. The number of halogens is 4. The highest BCUT2D eigenvalue weighted by molar-refractivity contribution is 5.96. The summed E-state index contributed by atoms with van der Waals surface area (Å²) in [4.78, 5) is 32.8. The number of alkyl carbamates (subject to hydrolysis) is 1. The van der Waals surface area contributed by atoms with Crippen molar-refractivity contribution < 1.29 is 36.6 Å². The molecule has 0 aliphatic carbocycles. The van der Waals surface area contributed by atoms with Crippen molar-refractivity contribution in [3.8, 4) is 17.0 Å². The zero-order valence-electron chi connectivity index (χ0n) is 23.8. The van der Waals surface area contributed by atoms with Crippen molar-refractivity contribution in [2.45, 2.75) is 39.2 Å². The first kappa shape index (κ1) is 31.1. The summed E-state index contributed by atoms with van der Waals surface area (Å²) in [5, 5.41) is 8.02. The van der Waals surface area contributed by atoms with Crippen LogP contribution in [-0.2, 0) is 4.74 Å². The van der Waals surface area contributed by atoms with Crippen LogP contribution in [0, 0.1) is 11.6 Å². The number of imidazole rings is 1. The fourth-order valence-corrected chi connectivity index (χ4v) is 4.15. The monoisotopic (exact) mass is 602 g/mol. The van der Waals surface area contributed by atoms with E-state index in [0.717, 1.165) is 6.07 Å². The van der Waals surface area contributed by atoms with Crippen LogP contribution in [0.25, 0.3) is 16.9 Å². The van der Waals surface area contributed by atoms with Gasteiger partial charge in [0.15, 0.2) is 23.0 Å². The SMILES string of the molecule is COc1ccc(-c2cnc3c(Nc4ccc(C(=O)NCCCNC(=O)OC(C)(C)C)c(C(F)F)c4)nccn23)c(F)c1F. The van der Waals surface area contributed by atoms with E-state index in [4.69, 9.17) is 9.47 Å². The van der Waals surface area contributed by atoms with Gasteiger partial charge in [-0.05, 0) is 57.5 Å². The van der Waals surface area contributed by atoms with Crippen LogP contribution in [0.4, 0.5) is 33.9 Å². The number of ether oxygens (including phenoxy) is 2. The van der Waals surface area contributed by atoms with E-state index < -0.39 is 41.2 Å². The standard InChI is InChI=1S/C29H30F4N6O4/c1-29(2,3)43-28(41)36-11-5-10-35-27(40)17-7-6-16(14-19(17)24(32)33)38-25-26-37-15-20(39(26)13-12-34-25)18-8-9-21(42-4)23(31)22(18)30/h6-9,12-15,24H,5,10-11H2,1-4H3,(H,34,38)(H,35,40)(H,36,41). The van der Waals surface area contributed by atoms with Crippen LogP contribution in [0.15, 0.2) is 48.9 Å². The van der Waals surface area contributed by atoms with E-state index in [1.165, 1.54) is 54.4 Å². The lowest BCUT2D eigenvalue weighted by atomic mass is 10.1. The molecular weight excluding hydrogens is 572 g/mol. The van der Waals surface area contributed by atoms with Crippen LogP contribution in [0.3, 0.4) is 0 Å². The number of carbonyl (C=O) groups excluding carboxylic acids is 2. The van der Waals surface area contributed by atoms with Crippen molar-refractivity contribution >= 4 is 29.2 Å². The summed E-state index contributed by atoms with van der Waals surface area (Å²) in [6.45, 7) is 5.54. The minimum atomic E-state index is -2.97. The highest BCUT2D eigenvalue weighted by Crippen LogP contribution is 2.32. The molecule has 0 fully saturated rings. The molecule has 14 heteroatoms. The van der Waals surface area contributed by atoms with Gasteiger partial charge in [-0.3, -0.25) is 9.20 Å². The molecule has 43 heavy (non-hydrogen) atoms. The highest BCUT2D eigenvalue weighted by Gasteiger charge is 2.22. The third kappa shape index (κ3) is 7.31. The number of amides is 2. The normalized spacial score (nSPS) is 11.5. The lowest BCUT2D eigenvalue weighted by Crippen LogP contribution is -2.34. The molecule has 0 saturated carbocycles. The number of aromatic nitrogens is 3. The minimum absolute atomic E-state index is 0.0704. The number of carbonyl (C=O) groups is 2. The number of rotatable bonds is 10. The van der Waals surface area contributed by atoms with Gasteiger partial charge in [0.2, 0.25) is 5.82 Å². The minimum Gasteiger partial charge on any atom is -0.494 e. The van der Waals surface area contributed by atoms with Crippen LogP contribution < -0.4 is 20.7 Å². The van der Waals surface area contributed by atoms with Crippen LogP contribution in [-0.4, -0.2) is 52.2 Å². The number of anilines is 2. The predicted octanol–water partition coefficient (Wildman–Crippen LogP) is 6.01. The van der Waals surface area contributed by atoms with Gasteiger partial charge in [-0.15, -0.1) is 0 Å². The maximum absolute atomic E-state index is 14.8. The second kappa shape index (κ2) is 13.0. The lowest BCUT2D eigenvalue weighted by molar-refractivity contribution is 0.0527. The molecule has 228 valence electrons. The average molecular weight is 603 g/mol. The second-order valence-corrected chi connectivity index (χ2v) is 10.3. The predicted molar refractivity (Wildman–Crippen MR) is 151 cm³/mol. The quantitative estimate of drug-likeness (QED) is 0.150. The molecule has 0 aliphatic rings. The van der Waals surface area contributed by atoms with Crippen molar-refractivity contribution in [1.29, 1.82) is 0 Å². The first-order valence-corrected chi connectivity index (χ1v) is 13.2. The number of hydrogen-bond acceptors (Lipinski definition) is 7. The Kier molecular flexibility index (Phi) is 9.37. The van der Waals surface area contributed by atoms with Crippen LogP contribution in [0.2, 0.25) is 0 Å². The molecule has 4 aromatic rings. The van der Waals surface area contributed by atoms with Gasteiger partial charge in [0.05, 0.1) is 19.0 Å². The Morgan fingerprint density at radius 2 is 1.77 bits per heavy atom. The van der Waals surface area contributed by atoms with Crippen LogP contribution in [0.1, 0.15) is 49.5 Å². The second-order valence-electron chi connectivity index (χ2n) is 10.3. The molecule has 0 radical (unpaired) electrons. The number of methoxy groups -OCH3 is 1. The molecule has 2 heterocycles. The molecular formula is C29H30F4N6O4. The molecule has 0 spiro atoms. The molecule has 0 saturated heterocycles. The number of nitrogens with zero attached hydrogens (tertiary/aromatic N) is 3. The fourth-order valence-electron chi connectivity index (χ4n) is 4.15. The molecule has 0 bridgehead atoms. The molecule has 10 nitrogen and oxygen atoms in total. The zero-order chi connectivity index (χ0) is 31.3. The van der Waals surface area contributed by atoms with Gasteiger partial charge in [-0.25, -0.2) is 27.9 Å². The van der Waals surface area contributed by atoms with E-state index in [-0.39, 0.29) is 52.8 Å². The highest BCUT2D eigenvalue weighted by atomic mass is 19.3. The van der Waals surface area contributed by atoms with E-state index in [2.05, 4.69) is 25.9 Å². The van der Waals surface area contributed by atoms with Crippen LogP contribution >= 0.6 is 0 Å². The number of fused-ring (bicyclic) bond motifs is 1. The molecule has 0 aliphatic heterocycles. The third-order valence-electron chi connectivity index (χ3n) is 6.07. The molecule has 0 atom stereocenters. The van der Waals surface area contributed by atoms with Gasteiger partial charge in [-0.2, -0.15) is 4.39 Å². The van der Waals surface area contributed by atoms with E-state index in [1.807, 2.05) is 0 Å². The van der Waals surface area contributed by atoms with Crippen LogP contribution in [0.5, 0.6) is 5.75 Å². The van der Waals surface area contributed by atoms with Crippen molar-refractivity contribution in [2.75, 3.05) is 25.5 Å². The molecule has 3 N–H and O–H groups in total. The number of hydrogen-bond donors (Lipinski definition) is 3. The molecule has 2 amide bonds. The Labute approximate surface area is 244 Å². The van der Waals surface area contributed by atoms with Crippen molar-refractivity contribution in [2.24, 2.45) is 0 Å². The fraction of sp³-hybridized carbons (Fsp3) is 0.310. The lowest BCUT2D eigenvalue weighted by Gasteiger charge is -2.19. The van der Waals surface area contributed by atoms with Gasteiger partial charge < -0.3 is 25.4 Å². The Morgan fingerprint density at radius 1 is 1.02 bits per heavy atom. The average Bonchev–Trinajstić information content (AvgIpc) is 3.38. The summed E-state index contributed by atoms with van der Waals surface area (Å²) in [7, 11) is 1.22. The molecule has 4 rings (SSSR count). The van der Waals surface area contributed by atoms with Gasteiger partial charge in [0, 0.05) is 47.9 Å². The summed E-state index contributed by atoms with van der Waals surface area (Å²) in [6, 6.07) is 6.45. The van der Waals surface area contributed by atoms with Gasteiger partial charge >= 0.3 is 6.09 Å². The summed E-state index contributed by atoms with van der Waals surface area (Å²) >= 11 is 0. The van der Waals surface area contributed by atoms with E-state index in [9.17, 15) is 27.2 Å². The molecule has 2 aromatic heterocycles. The van der Waals surface area contributed by atoms with E-state index >= 15 is 0 Å². The number of nitrogens with one attached hydrogen (secondary N) is 3. The summed E-state index contributed by atoms with van der Waals surface area (Å²) in [5.74, 6) is -3.07. The summed E-state index contributed by atoms with van der Waals surface area (Å²) in [6.07, 6.45) is 0.987. The Hall–Kier alpha value is -4.88. The Morgan fingerprint density at radius 3 is 2.47 bits per heavy atom. The van der Waals surface area contributed by atoms with Crippen molar-refractivity contribution in [3.63, 3.8) is 0 Å². The smallest absolute Gasteiger partial charge is 0.407 e. The zero-order valence-corrected chi connectivity index (χ0v) is 23.8. The Bertz CT molecular complexity index is 1640.